The van der Waals surface area contributed by atoms with E-state index in [-0.39, 0.29) is 38.6 Å². The van der Waals surface area contributed by atoms with Gasteiger partial charge in [0.05, 0.1) is 40.3 Å². The number of nitrogens with zero attached hydrogens (tertiary/aromatic N) is 1. The molecule has 0 aliphatic rings. The smallest absolute Gasteiger partial charge is 0.306 e. The molecule has 2 unspecified atom stereocenters. The Bertz CT molecular complexity index is 1810. The van der Waals surface area contributed by atoms with E-state index in [2.05, 4.69) is 135 Å². The van der Waals surface area contributed by atoms with Gasteiger partial charge in [-0.05, 0) is 103 Å². The quantitative estimate of drug-likeness (QED) is 0.0195. The first-order chi connectivity index (χ1) is 41.6. The van der Waals surface area contributed by atoms with Crippen molar-refractivity contribution in [3.63, 3.8) is 0 Å². The number of aliphatic carboxylic acids is 1. The van der Waals surface area contributed by atoms with Crippen molar-refractivity contribution in [3.8, 4) is 0 Å². The molecule has 0 aliphatic carbocycles. The average molecular weight is 1180 g/mol. The zero-order chi connectivity index (χ0) is 61.9. The zero-order valence-electron chi connectivity index (χ0n) is 55.4. The molecular weight excluding hydrogens is 1050 g/mol. The summed E-state index contributed by atoms with van der Waals surface area (Å²) < 4.78 is 22.8. The van der Waals surface area contributed by atoms with Gasteiger partial charge in [0.2, 0.25) is 0 Å². The molecule has 0 aromatic carbocycles. The largest absolute Gasteiger partial charge is 0.545 e. The topological polar surface area (TPSA) is 111 Å². The van der Waals surface area contributed by atoms with E-state index in [4.69, 9.17) is 18.9 Å². The molecule has 9 nitrogen and oxygen atoms in total. The fourth-order valence-corrected chi connectivity index (χ4v) is 9.47. The second kappa shape index (κ2) is 65.7. The Morgan fingerprint density at radius 3 is 0.941 bits per heavy atom. The summed E-state index contributed by atoms with van der Waals surface area (Å²) in [7, 11) is 5.93. The molecule has 0 saturated heterocycles. The van der Waals surface area contributed by atoms with Crippen LogP contribution < -0.4 is 5.11 Å². The maximum atomic E-state index is 12.9. The fourth-order valence-electron chi connectivity index (χ4n) is 9.47. The van der Waals surface area contributed by atoms with Crippen LogP contribution in [0.3, 0.4) is 0 Å². The number of carbonyl (C=O) groups is 3. The third-order valence-corrected chi connectivity index (χ3v) is 14.7. The molecule has 0 saturated carbocycles. The Kier molecular flexibility index (Phi) is 62.3. The predicted octanol–water partition coefficient (Wildman–Crippen LogP) is 20.2. The van der Waals surface area contributed by atoms with Gasteiger partial charge < -0.3 is 33.3 Å². The van der Waals surface area contributed by atoms with E-state index in [0.29, 0.717) is 17.4 Å². The number of quaternary nitrogens is 1. The summed E-state index contributed by atoms with van der Waals surface area (Å²) in [5.74, 6) is -2.28. The maximum Gasteiger partial charge on any atom is 0.306 e. The van der Waals surface area contributed by atoms with Crippen LogP contribution in [0, 0.1) is 0 Å². The first-order valence-electron chi connectivity index (χ1n) is 34.7. The number of rotatable bonds is 63. The highest BCUT2D eigenvalue weighted by molar-refractivity contribution is 5.70. The van der Waals surface area contributed by atoms with Crippen molar-refractivity contribution in [1.29, 1.82) is 0 Å². The molecule has 9 heteroatoms. The van der Waals surface area contributed by atoms with Crippen LogP contribution in [-0.2, 0) is 33.3 Å². The normalized spacial score (nSPS) is 13.5. The number of hydrogen-bond acceptors (Lipinski definition) is 8. The van der Waals surface area contributed by atoms with Crippen LogP contribution in [0.25, 0.3) is 0 Å². The Labute approximate surface area is 523 Å². The second-order valence-corrected chi connectivity index (χ2v) is 24.1. The van der Waals surface area contributed by atoms with Gasteiger partial charge in [0.25, 0.3) is 0 Å². The standard InChI is InChI=1S/C76H129NO8/c1-6-8-10-12-14-16-18-20-22-24-26-28-30-32-34-36-37-39-41-43-45-47-49-51-53-55-57-59-61-63-65-67-74(79)85-72(71-84-76(75(80)81)82-69-68-77(3,4)5)70-83-73(78)66-64-62-60-58-56-54-52-50-48-46-44-42-40-38-35-33-31-29-27-25-23-21-19-17-15-13-11-9-7-2/h8-11,14-17,20-23,26-29,32-35,72,76H,6-7,12-13,18-19,24-25,30-31,36-71H2,1-5H3/b10-8-,11-9-,16-14-,17-15-,22-20-,23-21-,28-26-,29-27-,34-32-,35-33-. The number of carboxylic acids is 1. The molecule has 486 valence electrons. The summed E-state index contributed by atoms with van der Waals surface area (Å²) in [6.45, 7) is 4.54. The van der Waals surface area contributed by atoms with Crippen molar-refractivity contribution in [2.24, 2.45) is 0 Å². The van der Waals surface area contributed by atoms with E-state index in [1.807, 2.05) is 21.1 Å². The lowest BCUT2D eigenvalue weighted by molar-refractivity contribution is -0.870. The monoisotopic (exact) mass is 1180 g/mol. The highest BCUT2D eigenvalue weighted by atomic mass is 16.7. The van der Waals surface area contributed by atoms with E-state index < -0.39 is 24.3 Å². The molecule has 0 radical (unpaired) electrons. The van der Waals surface area contributed by atoms with Crippen molar-refractivity contribution in [2.45, 2.75) is 296 Å². The molecule has 0 aromatic heterocycles. The predicted molar refractivity (Wildman–Crippen MR) is 361 cm³/mol. The minimum Gasteiger partial charge on any atom is -0.545 e. The van der Waals surface area contributed by atoms with Crippen LogP contribution >= 0.6 is 0 Å². The number of ether oxygens (including phenoxy) is 4. The van der Waals surface area contributed by atoms with E-state index in [1.54, 1.807) is 0 Å². The minimum absolute atomic E-state index is 0.143. The third-order valence-electron chi connectivity index (χ3n) is 14.7. The summed E-state index contributed by atoms with van der Waals surface area (Å²) in [4.78, 5) is 37.5. The van der Waals surface area contributed by atoms with Gasteiger partial charge in [0.15, 0.2) is 12.4 Å². The minimum atomic E-state index is -1.63. The Morgan fingerprint density at radius 1 is 0.353 bits per heavy atom. The second-order valence-electron chi connectivity index (χ2n) is 24.1. The van der Waals surface area contributed by atoms with Gasteiger partial charge in [-0.2, -0.15) is 0 Å². The van der Waals surface area contributed by atoms with Crippen LogP contribution in [0.2, 0.25) is 0 Å². The van der Waals surface area contributed by atoms with Gasteiger partial charge in [-0.15, -0.1) is 0 Å². The summed E-state index contributed by atoms with van der Waals surface area (Å²) in [6, 6.07) is 0. The summed E-state index contributed by atoms with van der Waals surface area (Å²) in [5.41, 5.74) is 0. The molecule has 2 atom stereocenters. The molecule has 0 N–H and O–H groups in total. The zero-order valence-corrected chi connectivity index (χ0v) is 55.4. The molecule has 0 spiro atoms. The van der Waals surface area contributed by atoms with E-state index in [9.17, 15) is 19.5 Å². The first-order valence-corrected chi connectivity index (χ1v) is 34.7. The molecule has 0 bridgehead atoms. The van der Waals surface area contributed by atoms with Crippen molar-refractivity contribution >= 4 is 17.9 Å². The molecule has 0 heterocycles. The van der Waals surface area contributed by atoms with Crippen LogP contribution in [0.1, 0.15) is 284 Å². The lowest BCUT2D eigenvalue weighted by atomic mass is 10.0. The number of hydrogen-bond donors (Lipinski definition) is 0. The van der Waals surface area contributed by atoms with E-state index in [1.165, 1.54) is 148 Å². The van der Waals surface area contributed by atoms with Gasteiger partial charge in [-0.25, -0.2) is 0 Å². The third kappa shape index (κ3) is 67.1. The first kappa shape index (κ1) is 80.7. The van der Waals surface area contributed by atoms with Crippen molar-refractivity contribution in [1.82, 2.24) is 0 Å². The van der Waals surface area contributed by atoms with Crippen LogP contribution in [-0.4, -0.2) is 82.3 Å². The number of carboxylic acid groups (broad SMARTS) is 1. The van der Waals surface area contributed by atoms with Crippen molar-refractivity contribution in [2.75, 3.05) is 47.5 Å². The maximum absolute atomic E-state index is 12.9. The highest BCUT2D eigenvalue weighted by Crippen LogP contribution is 2.17. The Morgan fingerprint density at radius 2 is 0.635 bits per heavy atom. The van der Waals surface area contributed by atoms with Crippen LogP contribution in [0.5, 0.6) is 0 Å². The van der Waals surface area contributed by atoms with Gasteiger partial charge in [0, 0.05) is 12.8 Å². The summed E-state index contributed by atoms with van der Waals surface area (Å²) in [5, 5.41) is 11.8. The average Bonchev–Trinajstić information content (AvgIpc) is 3.49. The SMILES string of the molecule is CC/C=C\C/C=C\C/C=C\C/C=C\C/C=C\CCCCCCCCCCCCCCCCCC(=O)OC(COC(=O)CCCCCCCCCCCCCCC/C=C\C/C=C\C/C=C\C/C=C\C/C=C\CC)COC(OCC[N+](C)(C)C)C(=O)[O-]. The van der Waals surface area contributed by atoms with Gasteiger partial charge in [-0.1, -0.05) is 289 Å². The Hall–Kier alpha value is -4.31. The van der Waals surface area contributed by atoms with Gasteiger partial charge in [0.1, 0.15) is 13.2 Å². The number of esters is 2. The van der Waals surface area contributed by atoms with E-state index in [0.717, 1.165) is 103 Å². The lowest BCUT2D eigenvalue weighted by Gasteiger charge is -2.26. The van der Waals surface area contributed by atoms with Crippen molar-refractivity contribution < 1.29 is 42.9 Å². The summed E-state index contributed by atoms with van der Waals surface area (Å²) in [6.07, 6.45) is 89.8. The molecule has 0 aliphatic heterocycles. The molecule has 0 rings (SSSR count). The van der Waals surface area contributed by atoms with Gasteiger partial charge >= 0.3 is 11.9 Å². The summed E-state index contributed by atoms with van der Waals surface area (Å²) >= 11 is 0. The van der Waals surface area contributed by atoms with Gasteiger partial charge in [-0.3, -0.25) is 9.59 Å². The number of likely N-dealkylation sites (N-methyl/N-ethyl adjacent to an activating group) is 1. The molecule has 0 amide bonds. The molecular formula is C76H129NO8. The fraction of sp³-hybridized carbons (Fsp3) is 0.697. The Balaban J connectivity index is 4.13. The van der Waals surface area contributed by atoms with Crippen molar-refractivity contribution in [3.05, 3.63) is 122 Å². The number of unbranched alkanes of at least 4 members (excludes halogenated alkanes) is 28. The van der Waals surface area contributed by atoms with Crippen LogP contribution in [0.15, 0.2) is 122 Å². The number of carbonyl (C=O) groups excluding carboxylic acids is 3. The molecule has 0 aromatic rings. The number of allylic oxidation sites excluding steroid dienone is 20. The molecule has 0 fully saturated rings. The van der Waals surface area contributed by atoms with Crippen LogP contribution in [0.4, 0.5) is 0 Å². The highest BCUT2D eigenvalue weighted by Gasteiger charge is 2.22. The molecule has 85 heavy (non-hydrogen) atoms. The lowest BCUT2D eigenvalue weighted by Crippen LogP contribution is -2.44. The van der Waals surface area contributed by atoms with E-state index >= 15 is 0 Å².